The van der Waals surface area contributed by atoms with Crippen LogP contribution in [0.1, 0.15) is 48.8 Å². The molecule has 0 radical (unpaired) electrons. The zero-order valence-corrected chi connectivity index (χ0v) is 28.4. The highest BCUT2D eigenvalue weighted by Gasteiger charge is 2.18. The quantitative estimate of drug-likeness (QED) is 0.111. The Morgan fingerprint density at radius 2 is 1.12 bits per heavy atom. The topological polar surface area (TPSA) is 25.8 Å². The van der Waals surface area contributed by atoms with Crippen molar-refractivity contribution in [2.45, 2.75) is 20.8 Å². The third-order valence-corrected chi connectivity index (χ3v) is 8.61. The molecule has 0 aliphatic rings. The van der Waals surface area contributed by atoms with Crippen LogP contribution in [0.4, 0.5) is 0 Å². The Labute approximate surface area is 290 Å². The van der Waals surface area contributed by atoms with E-state index in [4.69, 9.17) is 9.97 Å². The fourth-order valence-corrected chi connectivity index (χ4v) is 6.30. The van der Waals surface area contributed by atoms with E-state index in [-0.39, 0.29) is 0 Å². The number of benzene rings is 5. The van der Waals surface area contributed by atoms with Gasteiger partial charge in [-0.15, -0.1) is 0 Å². The molecule has 0 aliphatic heterocycles. The van der Waals surface area contributed by atoms with E-state index in [0.29, 0.717) is 5.82 Å². The lowest BCUT2D eigenvalue weighted by atomic mass is 9.83. The van der Waals surface area contributed by atoms with Crippen LogP contribution in [0.2, 0.25) is 0 Å². The second-order valence-corrected chi connectivity index (χ2v) is 12.0. The van der Waals surface area contributed by atoms with Crippen LogP contribution >= 0.6 is 0 Å². The zero-order valence-electron chi connectivity index (χ0n) is 28.4. The van der Waals surface area contributed by atoms with Gasteiger partial charge in [-0.3, -0.25) is 0 Å². The summed E-state index contributed by atoms with van der Waals surface area (Å²) in [5.41, 5.74) is 13.9. The van der Waals surface area contributed by atoms with Crippen molar-refractivity contribution in [1.82, 2.24) is 9.97 Å². The van der Waals surface area contributed by atoms with Crippen LogP contribution < -0.4 is 0 Å². The van der Waals surface area contributed by atoms with Gasteiger partial charge in [0.15, 0.2) is 5.82 Å². The molecule has 2 heteroatoms. The lowest BCUT2D eigenvalue weighted by molar-refractivity contribution is 1.17. The van der Waals surface area contributed by atoms with E-state index in [1.165, 1.54) is 16.7 Å². The summed E-state index contributed by atoms with van der Waals surface area (Å²) in [5.74, 6) is 0.636. The van der Waals surface area contributed by atoms with Crippen LogP contribution in [0, 0.1) is 0 Å². The molecule has 5 aromatic carbocycles. The van der Waals surface area contributed by atoms with Crippen LogP contribution in [-0.4, -0.2) is 9.97 Å². The Balaban J connectivity index is 1.49. The average molecular weight is 633 g/mol. The number of hydrogen-bond acceptors (Lipinski definition) is 2. The third kappa shape index (κ3) is 7.10. The van der Waals surface area contributed by atoms with Crippen molar-refractivity contribution >= 4 is 38.8 Å². The van der Waals surface area contributed by atoms with Gasteiger partial charge >= 0.3 is 0 Å². The van der Waals surface area contributed by atoms with Crippen molar-refractivity contribution in [3.63, 3.8) is 0 Å². The monoisotopic (exact) mass is 632 g/mol. The molecule has 0 unspecified atom stereocenters. The minimum absolute atomic E-state index is 0.636. The number of fused-ring (bicyclic) bond motifs is 1. The smallest absolute Gasteiger partial charge is 0.160 e. The molecule has 2 nitrogen and oxygen atoms in total. The lowest BCUT2D eigenvalue weighted by Gasteiger charge is -2.20. The molecule has 0 atom stereocenters. The number of rotatable bonds is 10. The molecule has 6 rings (SSSR count). The molecule has 238 valence electrons. The van der Waals surface area contributed by atoms with Crippen LogP contribution in [-0.2, 0) is 0 Å². The van der Waals surface area contributed by atoms with E-state index in [1.807, 2.05) is 48.6 Å². The van der Waals surface area contributed by atoms with Gasteiger partial charge in [0.25, 0.3) is 0 Å². The molecule has 6 aromatic rings. The van der Waals surface area contributed by atoms with Crippen molar-refractivity contribution in [1.29, 1.82) is 0 Å². The molecule has 0 fully saturated rings. The number of aromatic nitrogens is 2. The Morgan fingerprint density at radius 1 is 0.551 bits per heavy atom. The van der Waals surface area contributed by atoms with Crippen molar-refractivity contribution in [2.24, 2.45) is 0 Å². The van der Waals surface area contributed by atoms with E-state index in [9.17, 15) is 0 Å². The molecular formula is C47H40N2. The Hall–Kier alpha value is -6.12. The van der Waals surface area contributed by atoms with Crippen LogP contribution in [0.15, 0.2) is 183 Å². The van der Waals surface area contributed by atoms with E-state index < -0.39 is 0 Å². The second kappa shape index (κ2) is 15.2. The summed E-state index contributed by atoms with van der Waals surface area (Å²) in [6.07, 6.45) is 8.09. The first-order chi connectivity index (χ1) is 24.0. The van der Waals surface area contributed by atoms with Gasteiger partial charge < -0.3 is 0 Å². The Bertz CT molecular complexity index is 2250. The number of allylic oxidation sites excluding steroid dienone is 10. The van der Waals surface area contributed by atoms with E-state index in [1.54, 1.807) is 0 Å². The molecule has 0 bridgehead atoms. The van der Waals surface area contributed by atoms with E-state index in [2.05, 4.69) is 149 Å². The largest absolute Gasteiger partial charge is 0.228 e. The predicted octanol–water partition coefficient (Wildman–Crippen LogP) is 12.6. The minimum atomic E-state index is 0.636. The molecule has 0 aliphatic carbocycles. The molecule has 0 spiro atoms. The van der Waals surface area contributed by atoms with Crippen molar-refractivity contribution in [3.05, 3.63) is 211 Å². The molecule has 0 N–H and O–H groups in total. The van der Waals surface area contributed by atoms with Gasteiger partial charge in [-0.1, -0.05) is 164 Å². The molecular weight excluding hydrogens is 593 g/mol. The van der Waals surface area contributed by atoms with E-state index in [0.717, 1.165) is 61.1 Å². The highest BCUT2D eigenvalue weighted by atomic mass is 14.9. The van der Waals surface area contributed by atoms with Gasteiger partial charge in [-0.05, 0) is 83.5 Å². The SMILES string of the molecule is C=C/C(=C\C(=C/C)c1cccc(/C(C=C)=C(/C(=C(C)C)c2ccccc2)c2ccccc2)c1)c1nc(-c2ccccc2)c2ccccc2n1. The molecule has 0 saturated carbocycles. The standard InChI is InChI=1S/C47H40N2/c1-6-34(31-35(7-2)47-48-43-30-19-18-29-42(43)46(49-47)38-25-16-11-17-26-38)39-27-20-28-40(32-39)41(8-3)45(37-23-14-10-15-24-37)44(33(4)5)36-21-12-9-13-22-36/h6-32H,2-3H2,1,4-5H3/b34-6+,35-31+,45-41+. The summed E-state index contributed by atoms with van der Waals surface area (Å²) in [7, 11) is 0. The van der Waals surface area contributed by atoms with Crippen LogP contribution in [0.3, 0.4) is 0 Å². The van der Waals surface area contributed by atoms with Crippen molar-refractivity contribution in [2.75, 3.05) is 0 Å². The predicted molar refractivity (Wildman–Crippen MR) is 211 cm³/mol. The van der Waals surface area contributed by atoms with E-state index >= 15 is 0 Å². The van der Waals surface area contributed by atoms with Gasteiger partial charge in [0, 0.05) is 16.5 Å². The van der Waals surface area contributed by atoms with Gasteiger partial charge in [0.1, 0.15) is 0 Å². The molecule has 1 heterocycles. The van der Waals surface area contributed by atoms with Crippen molar-refractivity contribution < 1.29 is 0 Å². The maximum absolute atomic E-state index is 5.10. The van der Waals surface area contributed by atoms with Gasteiger partial charge in [-0.25, -0.2) is 9.97 Å². The summed E-state index contributed by atoms with van der Waals surface area (Å²) in [6.45, 7) is 14.9. The highest BCUT2D eigenvalue weighted by molar-refractivity contribution is 6.17. The number of nitrogens with zero attached hydrogens (tertiary/aromatic N) is 2. The lowest BCUT2D eigenvalue weighted by Crippen LogP contribution is -1.99. The van der Waals surface area contributed by atoms with Gasteiger partial charge in [-0.2, -0.15) is 0 Å². The summed E-state index contributed by atoms with van der Waals surface area (Å²) < 4.78 is 0. The Morgan fingerprint density at radius 3 is 1.73 bits per heavy atom. The van der Waals surface area contributed by atoms with Crippen LogP contribution in [0.5, 0.6) is 0 Å². The third-order valence-electron chi connectivity index (χ3n) is 8.61. The number of para-hydroxylation sites is 1. The minimum Gasteiger partial charge on any atom is -0.228 e. The number of hydrogen-bond donors (Lipinski definition) is 0. The van der Waals surface area contributed by atoms with Gasteiger partial charge in [0.05, 0.1) is 11.2 Å². The highest BCUT2D eigenvalue weighted by Crippen LogP contribution is 2.40. The van der Waals surface area contributed by atoms with Crippen LogP contribution in [0.25, 0.3) is 50.0 Å². The molecule has 49 heavy (non-hydrogen) atoms. The first-order valence-corrected chi connectivity index (χ1v) is 16.6. The Kier molecular flexibility index (Phi) is 10.2. The average Bonchev–Trinajstić information content (AvgIpc) is 3.16. The summed E-state index contributed by atoms with van der Waals surface area (Å²) >= 11 is 0. The normalized spacial score (nSPS) is 12.3. The molecule has 0 amide bonds. The first kappa shape index (κ1) is 32.8. The maximum Gasteiger partial charge on any atom is 0.160 e. The zero-order chi connectivity index (χ0) is 34.2. The second-order valence-electron chi connectivity index (χ2n) is 12.0. The van der Waals surface area contributed by atoms with Gasteiger partial charge in [0.2, 0.25) is 0 Å². The first-order valence-electron chi connectivity index (χ1n) is 16.6. The van der Waals surface area contributed by atoms with Crippen molar-refractivity contribution in [3.8, 4) is 11.3 Å². The summed E-state index contributed by atoms with van der Waals surface area (Å²) in [6, 6.07) is 48.3. The maximum atomic E-state index is 5.10. The summed E-state index contributed by atoms with van der Waals surface area (Å²) in [5, 5.41) is 1.02. The molecule has 1 aromatic heterocycles. The fourth-order valence-electron chi connectivity index (χ4n) is 6.30. The molecule has 0 saturated heterocycles. The summed E-state index contributed by atoms with van der Waals surface area (Å²) in [4.78, 5) is 10.1. The fraction of sp³-hybridized carbons (Fsp3) is 0.0638.